The van der Waals surface area contributed by atoms with Crippen molar-refractivity contribution in [2.45, 2.75) is 40.5 Å². The summed E-state index contributed by atoms with van der Waals surface area (Å²) in [7, 11) is 0. The smallest absolute Gasteiger partial charge is 0.306 e. The highest BCUT2D eigenvalue weighted by molar-refractivity contribution is 5.73. The molecule has 0 heterocycles. The minimum absolute atomic E-state index is 0.117. The predicted molar refractivity (Wildman–Crippen MR) is 79.2 cm³/mol. The molecule has 3 nitrogen and oxygen atoms in total. The van der Waals surface area contributed by atoms with Gasteiger partial charge in [0.2, 0.25) is 0 Å². The van der Waals surface area contributed by atoms with Gasteiger partial charge >= 0.3 is 5.97 Å². The fraction of sp³-hybridized carbons (Fsp3) is 0.588. The fourth-order valence-corrected chi connectivity index (χ4v) is 3.01. The van der Waals surface area contributed by atoms with Crippen LogP contribution in [0.1, 0.15) is 37.0 Å². The van der Waals surface area contributed by atoms with Crippen molar-refractivity contribution < 1.29 is 14.6 Å². The quantitative estimate of drug-likeness (QED) is 0.863. The molecule has 0 radical (unpaired) electrons. The summed E-state index contributed by atoms with van der Waals surface area (Å²) in [6.07, 6.45) is 1.79. The van der Waals surface area contributed by atoms with Crippen molar-refractivity contribution >= 4 is 5.97 Å². The molecule has 1 saturated carbocycles. The number of benzene rings is 1. The standard InChI is InChI=1S/C17H24O3/c1-5-20-16-8-10(2)13(7-12(16)4)6-11(3)14-9-15(14)17(18)19/h7-8,11,14-15H,5-6,9H2,1-4H3,(H,18,19). The first kappa shape index (κ1) is 14.9. The first-order valence-electron chi connectivity index (χ1n) is 7.39. The number of aliphatic carboxylic acids is 1. The molecule has 0 aromatic heterocycles. The Morgan fingerprint density at radius 2 is 2.10 bits per heavy atom. The van der Waals surface area contributed by atoms with E-state index in [9.17, 15) is 4.79 Å². The van der Waals surface area contributed by atoms with Crippen LogP contribution < -0.4 is 4.74 Å². The third-order valence-electron chi connectivity index (χ3n) is 4.36. The molecule has 1 N–H and O–H groups in total. The third kappa shape index (κ3) is 3.14. The molecule has 3 atom stereocenters. The Kier molecular flexibility index (Phi) is 4.36. The molecule has 0 aliphatic heterocycles. The maximum atomic E-state index is 10.9. The van der Waals surface area contributed by atoms with Crippen LogP contribution >= 0.6 is 0 Å². The van der Waals surface area contributed by atoms with Gasteiger partial charge in [-0.25, -0.2) is 0 Å². The number of hydrogen-bond donors (Lipinski definition) is 1. The number of ether oxygens (including phenoxy) is 1. The minimum Gasteiger partial charge on any atom is -0.494 e. The second-order valence-electron chi connectivity index (χ2n) is 6.00. The van der Waals surface area contributed by atoms with Crippen molar-refractivity contribution in [1.82, 2.24) is 0 Å². The Morgan fingerprint density at radius 3 is 2.65 bits per heavy atom. The predicted octanol–water partition coefficient (Wildman–Crippen LogP) is 3.60. The molecule has 3 unspecified atom stereocenters. The lowest BCUT2D eigenvalue weighted by Gasteiger charge is -2.16. The lowest BCUT2D eigenvalue weighted by Crippen LogP contribution is -2.09. The number of carbonyl (C=O) groups is 1. The molecule has 1 aliphatic rings. The molecule has 0 amide bonds. The lowest BCUT2D eigenvalue weighted by molar-refractivity contribution is -0.139. The van der Waals surface area contributed by atoms with Gasteiger partial charge in [0.25, 0.3) is 0 Å². The Balaban J connectivity index is 2.06. The minimum atomic E-state index is -0.638. The normalized spacial score (nSPS) is 22.4. The summed E-state index contributed by atoms with van der Waals surface area (Å²) in [6, 6.07) is 4.29. The third-order valence-corrected chi connectivity index (χ3v) is 4.36. The van der Waals surface area contributed by atoms with Crippen molar-refractivity contribution in [3.63, 3.8) is 0 Å². The Bertz CT molecular complexity index is 507. The molecular weight excluding hydrogens is 252 g/mol. The van der Waals surface area contributed by atoms with Crippen LogP contribution in [0.5, 0.6) is 5.75 Å². The van der Waals surface area contributed by atoms with E-state index in [2.05, 4.69) is 32.9 Å². The lowest BCUT2D eigenvalue weighted by atomic mass is 9.92. The van der Waals surface area contributed by atoms with Crippen LogP contribution in [-0.4, -0.2) is 17.7 Å². The van der Waals surface area contributed by atoms with Crippen molar-refractivity contribution in [3.8, 4) is 5.75 Å². The van der Waals surface area contributed by atoms with Crippen LogP contribution in [0.2, 0.25) is 0 Å². The van der Waals surface area contributed by atoms with Crippen molar-refractivity contribution in [3.05, 3.63) is 28.8 Å². The topological polar surface area (TPSA) is 46.5 Å². The van der Waals surface area contributed by atoms with Gasteiger partial charge in [-0.05, 0) is 68.2 Å². The number of aryl methyl sites for hydroxylation is 2. The van der Waals surface area contributed by atoms with Gasteiger partial charge in [-0.1, -0.05) is 13.0 Å². The van der Waals surface area contributed by atoms with Crippen LogP contribution in [0.15, 0.2) is 12.1 Å². The van der Waals surface area contributed by atoms with Crippen LogP contribution in [0, 0.1) is 31.6 Å². The molecule has 3 heteroatoms. The van der Waals surface area contributed by atoms with E-state index in [1.165, 1.54) is 11.1 Å². The van der Waals surface area contributed by atoms with E-state index in [1.807, 2.05) is 6.92 Å². The molecule has 0 spiro atoms. The van der Waals surface area contributed by atoms with Gasteiger partial charge in [0.05, 0.1) is 12.5 Å². The van der Waals surface area contributed by atoms with Crippen molar-refractivity contribution in [1.29, 1.82) is 0 Å². The van der Waals surface area contributed by atoms with E-state index in [1.54, 1.807) is 0 Å². The summed E-state index contributed by atoms with van der Waals surface area (Å²) in [5.74, 6) is 0.970. The largest absolute Gasteiger partial charge is 0.494 e. The van der Waals surface area contributed by atoms with Crippen LogP contribution in [0.3, 0.4) is 0 Å². The Morgan fingerprint density at radius 1 is 1.40 bits per heavy atom. The average molecular weight is 276 g/mol. The number of rotatable bonds is 6. The van der Waals surface area contributed by atoms with Crippen molar-refractivity contribution in [2.75, 3.05) is 6.61 Å². The molecular formula is C17H24O3. The number of carboxylic acid groups (broad SMARTS) is 1. The van der Waals surface area contributed by atoms with E-state index >= 15 is 0 Å². The van der Waals surface area contributed by atoms with Gasteiger partial charge in [-0.2, -0.15) is 0 Å². The number of hydrogen-bond acceptors (Lipinski definition) is 2. The summed E-state index contributed by atoms with van der Waals surface area (Å²) in [5, 5.41) is 9.02. The molecule has 0 saturated heterocycles. The summed E-state index contributed by atoms with van der Waals surface area (Å²) in [4.78, 5) is 10.9. The summed E-state index contributed by atoms with van der Waals surface area (Å²) >= 11 is 0. The molecule has 20 heavy (non-hydrogen) atoms. The van der Waals surface area contributed by atoms with Crippen LogP contribution in [0.25, 0.3) is 0 Å². The van der Waals surface area contributed by atoms with Crippen molar-refractivity contribution in [2.24, 2.45) is 17.8 Å². The molecule has 1 aromatic rings. The van der Waals surface area contributed by atoms with E-state index in [-0.39, 0.29) is 5.92 Å². The second-order valence-corrected chi connectivity index (χ2v) is 6.00. The fourth-order valence-electron chi connectivity index (χ4n) is 3.01. The molecule has 1 aromatic carbocycles. The summed E-state index contributed by atoms with van der Waals surface area (Å²) < 4.78 is 5.61. The molecule has 2 rings (SSSR count). The average Bonchev–Trinajstić information content (AvgIpc) is 3.16. The maximum Gasteiger partial charge on any atom is 0.306 e. The SMILES string of the molecule is CCOc1cc(C)c(CC(C)C2CC2C(=O)O)cc1C. The zero-order valence-corrected chi connectivity index (χ0v) is 12.8. The molecule has 0 bridgehead atoms. The van der Waals surface area contributed by atoms with Gasteiger partial charge in [-0.3, -0.25) is 4.79 Å². The van der Waals surface area contributed by atoms with Crippen LogP contribution in [-0.2, 0) is 11.2 Å². The van der Waals surface area contributed by atoms with Gasteiger partial charge in [-0.15, -0.1) is 0 Å². The Labute approximate surface area is 121 Å². The number of carboxylic acids is 1. The van der Waals surface area contributed by atoms with Gasteiger partial charge in [0.15, 0.2) is 0 Å². The van der Waals surface area contributed by atoms with Crippen LogP contribution in [0.4, 0.5) is 0 Å². The van der Waals surface area contributed by atoms with Gasteiger partial charge in [0, 0.05) is 0 Å². The summed E-state index contributed by atoms with van der Waals surface area (Å²) in [6.45, 7) is 9.00. The highest BCUT2D eigenvalue weighted by Crippen LogP contribution is 2.45. The monoisotopic (exact) mass is 276 g/mol. The Hall–Kier alpha value is -1.51. The first-order valence-corrected chi connectivity index (χ1v) is 7.39. The molecule has 1 fully saturated rings. The molecule has 110 valence electrons. The zero-order chi connectivity index (χ0) is 14.9. The van der Waals surface area contributed by atoms with Gasteiger partial charge < -0.3 is 9.84 Å². The van der Waals surface area contributed by atoms with E-state index in [0.717, 1.165) is 24.2 Å². The van der Waals surface area contributed by atoms with E-state index in [4.69, 9.17) is 9.84 Å². The van der Waals surface area contributed by atoms with E-state index in [0.29, 0.717) is 18.4 Å². The first-order chi connectivity index (χ1) is 9.43. The van der Waals surface area contributed by atoms with E-state index < -0.39 is 5.97 Å². The highest BCUT2D eigenvalue weighted by atomic mass is 16.5. The maximum absolute atomic E-state index is 10.9. The molecule has 1 aliphatic carbocycles. The zero-order valence-electron chi connectivity index (χ0n) is 12.8. The summed E-state index contributed by atoms with van der Waals surface area (Å²) in [5.41, 5.74) is 3.71. The van der Waals surface area contributed by atoms with Gasteiger partial charge in [0.1, 0.15) is 5.75 Å². The highest BCUT2D eigenvalue weighted by Gasteiger charge is 2.46. The second kappa shape index (κ2) is 5.86.